The summed E-state index contributed by atoms with van der Waals surface area (Å²) in [7, 11) is 1.33. The molecule has 0 aliphatic carbocycles. The number of halogens is 4. The van der Waals surface area contributed by atoms with E-state index in [2.05, 4.69) is 15.4 Å². The fraction of sp³-hybridized carbons (Fsp3) is 0.385. The summed E-state index contributed by atoms with van der Waals surface area (Å²) >= 11 is 0. The van der Waals surface area contributed by atoms with Gasteiger partial charge < -0.3 is 25.4 Å². The van der Waals surface area contributed by atoms with Gasteiger partial charge in [0.25, 0.3) is 11.8 Å². The van der Waals surface area contributed by atoms with Gasteiger partial charge in [-0.3, -0.25) is 19.1 Å². The minimum atomic E-state index is -4.83. The molecule has 1 atom stereocenters. The number of nitrogens with two attached hydrogens (primary N) is 1. The van der Waals surface area contributed by atoms with Crippen LogP contribution in [0.3, 0.4) is 0 Å². The van der Waals surface area contributed by atoms with Crippen molar-refractivity contribution in [1.82, 2.24) is 29.1 Å². The normalized spacial score (nSPS) is 14.5. The average molecular weight is 590 g/mol. The number of aromatic nitrogens is 4. The number of benzene rings is 1. The topological polar surface area (TPSA) is 155 Å². The van der Waals surface area contributed by atoms with E-state index in [1.807, 2.05) is 0 Å². The number of nitriles is 1. The van der Waals surface area contributed by atoms with Crippen LogP contribution < -0.4 is 11.1 Å². The number of imidazole rings is 1. The maximum Gasteiger partial charge on any atom is 0.435 e. The van der Waals surface area contributed by atoms with Gasteiger partial charge in [0.2, 0.25) is 5.91 Å². The third-order valence-electron chi connectivity index (χ3n) is 6.76. The van der Waals surface area contributed by atoms with Gasteiger partial charge in [-0.1, -0.05) is 0 Å². The summed E-state index contributed by atoms with van der Waals surface area (Å²) in [6.45, 7) is 3.57. The summed E-state index contributed by atoms with van der Waals surface area (Å²) in [6, 6.07) is 3.40. The number of amides is 3. The van der Waals surface area contributed by atoms with Crippen LogP contribution in [0.2, 0.25) is 0 Å². The van der Waals surface area contributed by atoms with Gasteiger partial charge in [-0.25, -0.2) is 9.37 Å². The van der Waals surface area contributed by atoms with Gasteiger partial charge >= 0.3 is 6.18 Å². The van der Waals surface area contributed by atoms with E-state index in [9.17, 15) is 27.6 Å². The van der Waals surface area contributed by atoms with Crippen molar-refractivity contribution in [1.29, 1.82) is 5.26 Å². The zero-order chi connectivity index (χ0) is 30.9. The lowest BCUT2D eigenvalue weighted by molar-refractivity contribution is -0.141. The first-order valence-electron chi connectivity index (χ1n) is 12.7. The van der Waals surface area contributed by atoms with E-state index in [0.29, 0.717) is 0 Å². The Morgan fingerprint density at radius 1 is 1.17 bits per heavy atom. The molecule has 0 radical (unpaired) electrons. The van der Waals surface area contributed by atoms with E-state index >= 15 is 4.39 Å². The lowest BCUT2D eigenvalue weighted by Crippen LogP contribution is -2.53. The monoisotopic (exact) mass is 589 g/mol. The van der Waals surface area contributed by atoms with Crippen LogP contribution in [-0.2, 0) is 24.6 Å². The van der Waals surface area contributed by atoms with Crippen molar-refractivity contribution < 1.29 is 31.9 Å². The first kappa shape index (κ1) is 30.2. The third-order valence-corrected chi connectivity index (χ3v) is 6.76. The number of nitrogens with one attached hydrogen (secondary N) is 1. The number of hydrogen-bond acceptors (Lipinski definition) is 7. The van der Waals surface area contributed by atoms with Crippen LogP contribution in [0, 0.1) is 24.1 Å². The molecule has 1 saturated heterocycles. The summed E-state index contributed by atoms with van der Waals surface area (Å²) in [5, 5.41) is 14.7. The van der Waals surface area contributed by atoms with Crippen molar-refractivity contribution in [2.75, 3.05) is 31.5 Å². The highest BCUT2D eigenvalue weighted by atomic mass is 19.4. The Morgan fingerprint density at radius 3 is 2.38 bits per heavy atom. The highest BCUT2D eigenvalue weighted by Gasteiger charge is 2.38. The first-order chi connectivity index (χ1) is 19.7. The summed E-state index contributed by atoms with van der Waals surface area (Å²) in [5.41, 5.74) is 3.99. The van der Waals surface area contributed by atoms with Crippen LogP contribution >= 0.6 is 0 Å². The first-order valence-corrected chi connectivity index (χ1v) is 12.7. The molecule has 42 heavy (non-hydrogen) atoms. The smallest absolute Gasteiger partial charge is 0.338 e. The molecule has 2 aromatic heterocycles. The molecule has 3 heterocycles. The highest BCUT2D eigenvalue weighted by Crippen LogP contribution is 2.36. The Morgan fingerprint density at radius 2 is 1.81 bits per heavy atom. The molecule has 222 valence electrons. The van der Waals surface area contributed by atoms with Gasteiger partial charge in [0.1, 0.15) is 12.4 Å². The summed E-state index contributed by atoms with van der Waals surface area (Å²) < 4.78 is 57.9. The molecule has 1 aliphatic heterocycles. The molecule has 1 fully saturated rings. The van der Waals surface area contributed by atoms with Crippen LogP contribution in [0.25, 0.3) is 11.3 Å². The van der Waals surface area contributed by atoms with E-state index in [1.165, 1.54) is 24.9 Å². The van der Waals surface area contributed by atoms with Crippen molar-refractivity contribution >= 4 is 23.4 Å². The second-order valence-electron chi connectivity index (χ2n) is 9.78. The van der Waals surface area contributed by atoms with E-state index < -0.39 is 42.1 Å². The minimum absolute atomic E-state index is 0.00118. The quantitative estimate of drug-likeness (QED) is 0.418. The number of nitrogens with zero attached hydrogens (tertiary/aromatic N) is 7. The summed E-state index contributed by atoms with van der Waals surface area (Å²) in [4.78, 5) is 45.1. The Kier molecular flexibility index (Phi) is 8.34. The molecule has 3 N–H and O–H groups in total. The van der Waals surface area contributed by atoms with Gasteiger partial charge in [-0.2, -0.15) is 23.5 Å². The SMILES string of the molecule is Cc1cc(NC(=O)c2ncc(-c3cn(CC#N)nc3C(F)(F)F)n2C)cc(F)c1C(=O)N1CCN(C(=O)[C@H](C)N)CC1. The number of hydrogen-bond donors (Lipinski definition) is 2. The number of anilines is 1. The zero-order valence-electron chi connectivity index (χ0n) is 22.9. The molecule has 16 heteroatoms. The van der Waals surface area contributed by atoms with Crippen LogP contribution in [0.1, 0.15) is 39.2 Å². The van der Waals surface area contributed by atoms with E-state index in [4.69, 9.17) is 11.0 Å². The van der Waals surface area contributed by atoms with Crippen LogP contribution in [0.15, 0.2) is 24.5 Å². The molecule has 4 rings (SSSR count). The van der Waals surface area contributed by atoms with Gasteiger partial charge in [-0.15, -0.1) is 0 Å². The number of alkyl halides is 3. The molecule has 3 aromatic rings. The molecular weight excluding hydrogens is 562 g/mol. The standard InChI is InChI=1S/C26H27F4N9O3/c1-14-10-16(11-18(27)20(14)25(42)38-8-6-37(7-9-38)24(41)15(2)32)34-23(40)22-33-12-19(36(22)3)17-13-39(5-4-31)35-21(17)26(28,29)30/h10-13,15H,5-9,32H2,1-3H3,(H,34,40)/t15-/m0/s1. The summed E-state index contributed by atoms with van der Waals surface area (Å²) in [6.07, 6.45) is -2.73. The highest BCUT2D eigenvalue weighted by molar-refractivity contribution is 6.03. The minimum Gasteiger partial charge on any atom is -0.338 e. The van der Waals surface area contributed by atoms with Gasteiger partial charge in [0, 0.05) is 45.1 Å². The molecular formula is C26H27F4N9O3. The molecule has 1 aliphatic rings. The van der Waals surface area contributed by atoms with Crippen molar-refractivity contribution in [2.45, 2.75) is 32.6 Å². The lowest BCUT2D eigenvalue weighted by Gasteiger charge is -2.35. The Labute approximate surface area is 237 Å². The van der Waals surface area contributed by atoms with E-state index in [0.717, 1.165) is 27.7 Å². The third kappa shape index (κ3) is 5.96. The predicted molar refractivity (Wildman–Crippen MR) is 140 cm³/mol. The molecule has 3 amide bonds. The molecule has 0 unspecified atom stereocenters. The Balaban J connectivity index is 1.52. The maximum atomic E-state index is 15.2. The molecule has 0 spiro atoms. The molecule has 1 aromatic carbocycles. The van der Waals surface area contributed by atoms with Crippen molar-refractivity contribution in [2.24, 2.45) is 12.8 Å². The van der Waals surface area contributed by atoms with Crippen molar-refractivity contribution in [3.8, 4) is 17.3 Å². The Bertz CT molecular complexity index is 1560. The zero-order valence-corrected chi connectivity index (χ0v) is 22.9. The predicted octanol–water partition coefficient (Wildman–Crippen LogP) is 2.16. The van der Waals surface area contributed by atoms with Gasteiger partial charge in [0.15, 0.2) is 11.5 Å². The van der Waals surface area contributed by atoms with Gasteiger partial charge in [0.05, 0.1) is 35.1 Å². The molecule has 0 bridgehead atoms. The largest absolute Gasteiger partial charge is 0.435 e. The van der Waals surface area contributed by atoms with Gasteiger partial charge in [-0.05, 0) is 31.5 Å². The maximum absolute atomic E-state index is 15.2. The Hall–Kier alpha value is -4.78. The van der Waals surface area contributed by atoms with Crippen molar-refractivity contribution in [3.05, 3.63) is 53.0 Å². The van der Waals surface area contributed by atoms with Crippen molar-refractivity contribution in [3.63, 3.8) is 0 Å². The van der Waals surface area contributed by atoms with Crippen LogP contribution in [0.5, 0.6) is 0 Å². The molecule has 12 nitrogen and oxygen atoms in total. The fourth-order valence-electron chi connectivity index (χ4n) is 4.69. The number of carbonyl (C=O) groups is 3. The second-order valence-corrected chi connectivity index (χ2v) is 9.78. The number of piperazine rings is 1. The molecule has 0 saturated carbocycles. The lowest BCUT2D eigenvalue weighted by atomic mass is 10.0. The number of carbonyl (C=O) groups excluding carboxylic acids is 3. The second kappa shape index (κ2) is 11.6. The fourth-order valence-corrected chi connectivity index (χ4v) is 4.69. The average Bonchev–Trinajstić information content (AvgIpc) is 3.51. The summed E-state index contributed by atoms with van der Waals surface area (Å²) in [5.74, 6) is -2.80. The number of rotatable bonds is 6. The van der Waals surface area contributed by atoms with E-state index in [-0.39, 0.29) is 66.0 Å². The number of aryl methyl sites for hydroxylation is 1. The van der Waals surface area contributed by atoms with E-state index in [1.54, 1.807) is 17.9 Å². The van der Waals surface area contributed by atoms with Crippen LogP contribution in [-0.4, -0.2) is 79.1 Å². The van der Waals surface area contributed by atoms with Crippen LogP contribution in [0.4, 0.5) is 23.2 Å².